The van der Waals surface area contributed by atoms with Crippen LogP contribution in [0.1, 0.15) is 46.2 Å². The number of aryl methyl sites for hydroxylation is 1. The Labute approximate surface area is 190 Å². The van der Waals surface area contributed by atoms with Gasteiger partial charge in [0.2, 0.25) is 5.95 Å². The van der Waals surface area contributed by atoms with Crippen LogP contribution in [0.15, 0.2) is 6.07 Å². The predicted molar refractivity (Wildman–Crippen MR) is 130 cm³/mol. The van der Waals surface area contributed by atoms with E-state index in [4.69, 9.17) is 0 Å². The van der Waals surface area contributed by atoms with Crippen LogP contribution in [0.5, 0.6) is 0 Å². The van der Waals surface area contributed by atoms with E-state index in [2.05, 4.69) is 58.1 Å². The highest BCUT2D eigenvalue weighted by atomic mass is 35.5. The fourth-order valence-electron chi connectivity index (χ4n) is 2.84. The molecule has 0 aliphatic rings. The molecule has 0 aliphatic heterocycles. The normalized spacial score (nSPS) is 10.1. The molecule has 168 valence electrons. The molecule has 0 radical (unpaired) electrons. The number of anilines is 2. The highest BCUT2D eigenvalue weighted by Gasteiger charge is 2.04. The smallest absolute Gasteiger partial charge is 0.224 e. The molecular formula is C19H41Cl3N6. The molecule has 9 heteroatoms. The number of nitrogens with zero attached hydrogens (tertiary/aromatic N) is 4. The quantitative estimate of drug-likeness (QED) is 0.404. The highest BCUT2D eigenvalue weighted by Crippen LogP contribution is 2.10. The Hall–Kier alpha value is -0.530. The van der Waals surface area contributed by atoms with E-state index in [9.17, 15) is 0 Å². The molecule has 28 heavy (non-hydrogen) atoms. The van der Waals surface area contributed by atoms with Crippen molar-refractivity contribution in [1.82, 2.24) is 19.8 Å². The molecular weight excluding hydrogens is 419 g/mol. The summed E-state index contributed by atoms with van der Waals surface area (Å²) in [5, 5.41) is 6.79. The molecule has 0 bridgehead atoms. The number of hydrogen-bond donors (Lipinski definition) is 2. The van der Waals surface area contributed by atoms with Crippen LogP contribution in [-0.2, 0) is 0 Å². The average Bonchev–Trinajstić information content (AvgIpc) is 2.61. The first kappa shape index (κ1) is 32.1. The number of nitrogens with one attached hydrogen (secondary N) is 2. The van der Waals surface area contributed by atoms with Crippen LogP contribution in [-0.4, -0.2) is 72.1 Å². The molecule has 0 aliphatic carbocycles. The number of hydrogen-bond acceptors (Lipinski definition) is 6. The Morgan fingerprint density at radius 3 is 1.68 bits per heavy atom. The third-order valence-corrected chi connectivity index (χ3v) is 4.53. The number of halogens is 3. The Balaban J connectivity index is -0.00000208. The fraction of sp³-hybridized carbons (Fsp3) is 0.789. The minimum Gasteiger partial charge on any atom is -0.370 e. The molecule has 0 spiro atoms. The van der Waals surface area contributed by atoms with Gasteiger partial charge in [0.15, 0.2) is 0 Å². The zero-order valence-corrected chi connectivity index (χ0v) is 20.6. The largest absolute Gasteiger partial charge is 0.370 e. The van der Waals surface area contributed by atoms with E-state index in [1.165, 1.54) is 0 Å². The number of aromatic nitrogens is 2. The second-order valence-electron chi connectivity index (χ2n) is 6.33. The average molecular weight is 460 g/mol. The maximum absolute atomic E-state index is 4.59. The minimum absolute atomic E-state index is 0. The lowest BCUT2D eigenvalue weighted by Gasteiger charge is -2.18. The van der Waals surface area contributed by atoms with E-state index in [0.717, 1.165) is 82.7 Å². The first-order valence-corrected chi connectivity index (χ1v) is 9.90. The van der Waals surface area contributed by atoms with Gasteiger partial charge in [-0.15, -0.1) is 37.2 Å². The maximum atomic E-state index is 4.59. The summed E-state index contributed by atoms with van der Waals surface area (Å²) in [7, 11) is 0. The second kappa shape index (κ2) is 19.8. The molecule has 1 rings (SSSR count). The van der Waals surface area contributed by atoms with Crippen LogP contribution in [0.2, 0.25) is 0 Å². The van der Waals surface area contributed by atoms with E-state index in [-0.39, 0.29) is 37.2 Å². The van der Waals surface area contributed by atoms with Crippen LogP contribution >= 0.6 is 37.2 Å². The van der Waals surface area contributed by atoms with Crippen molar-refractivity contribution >= 4 is 49.0 Å². The minimum atomic E-state index is 0. The van der Waals surface area contributed by atoms with E-state index in [0.29, 0.717) is 0 Å². The molecule has 6 nitrogen and oxygen atoms in total. The van der Waals surface area contributed by atoms with Crippen LogP contribution in [0, 0.1) is 6.92 Å². The molecule has 0 aromatic carbocycles. The standard InChI is InChI=1S/C19H38N6.3ClH/c1-6-24(7-2)14-10-12-20-18-16-17(5)22-19(23-18)21-13-11-15-25(8-3)9-4;;;/h16H,6-15H2,1-5H3,(H2,20,21,22,23);3*1H. The maximum Gasteiger partial charge on any atom is 0.224 e. The van der Waals surface area contributed by atoms with Crippen LogP contribution in [0.4, 0.5) is 11.8 Å². The van der Waals surface area contributed by atoms with Gasteiger partial charge in [-0.25, -0.2) is 4.98 Å². The summed E-state index contributed by atoms with van der Waals surface area (Å²) in [6, 6.07) is 2.01. The summed E-state index contributed by atoms with van der Waals surface area (Å²) in [6.45, 7) is 19.4. The molecule has 0 fully saturated rings. The molecule has 0 atom stereocenters. The zero-order chi connectivity index (χ0) is 18.5. The zero-order valence-electron chi connectivity index (χ0n) is 18.2. The van der Waals surface area contributed by atoms with Gasteiger partial charge in [0.25, 0.3) is 0 Å². The van der Waals surface area contributed by atoms with Gasteiger partial charge in [0.05, 0.1) is 0 Å². The van der Waals surface area contributed by atoms with Gasteiger partial charge in [0, 0.05) is 24.8 Å². The SMILES string of the molecule is CCN(CC)CCCNc1cc(C)nc(NCCCN(CC)CC)n1.Cl.Cl.Cl. The summed E-state index contributed by atoms with van der Waals surface area (Å²) in [5.41, 5.74) is 0.993. The van der Waals surface area contributed by atoms with Gasteiger partial charge in [-0.3, -0.25) is 0 Å². The molecule has 1 aromatic rings. The lowest BCUT2D eigenvalue weighted by Crippen LogP contribution is -2.26. The van der Waals surface area contributed by atoms with Gasteiger partial charge in [-0.05, 0) is 59.0 Å². The van der Waals surface area contributed by atoms with Gasteiger partial charge in [0.1, 0.15) is 5.82 Å². The molecule has 0 amide bonds. The molecule has 2 N–H and O–H groups in total. The van der Waals surface area contributed by atoms with Crippen LogP contribution < -0.4 is 10.6 Å². The second-order valence-corrected chi connectivity index (χ2v) is 6.33. The summed E-state index contributed by atoms with van der Waals surface area (Å²) in [5.74, 6) is 1.64. The Morgan fingerprint density at radius 2 is 1.21 bits per heavy atom. The first-order valence-electron chi connectivity index (χ1n) is 9.90. The van der Waals surface area contributed by atoms with Crippen LogP contribution in [0.25, 0.3) is 0 Å². The molecule has 0 saturated carbocycles. The van der Waals surface area contributed by atoms with Crippen molar-refractivity contribution in [3.05, 3.63) is 11.8 Å². The monoisotopic (exact) mass is 458 g/mol. The Bertz CT molecular complexity index is 433. The number of rotatable bonds is 14. The molecule has 1 aromatic heterocycles. The molecule has 0 unspecified atom stereocenters. The Kier molecular flexibility index (Phi) is 22.7. The van der Waals surface area contributed by atoms with Crippen molar-refractivity contribution in [3.8, 4) is 0 Å². The van der Waals surface area contributed by atoms with Crippen molar-refractivity contribution in [3.63, 3.8) is 0 Å². The van der Waals surface area contributed by atoms with Gasteiger partial charge in [-0.1, -0.05) is 27.7 Å². The van der Waals surface area contributed by atoms with Crippen molar-refractivity contribution in [1.29, 1.82) is 0 Å². The molecule has 1 heterocycles. The lowest BCUT2D eigenvalue weighted by atomic mass is 10.3. The predicted octanol–water partition coefficient (Wildman–Crippen LogP) is 4.34. The van der Waals surface area contributed by atoms with Crippen molar-refractivity contribution in [2.24, 2.45) is 0 Å². The summed E-state index contributed by atoms with van der Waals surface area (Å²) in [6.07, 6.45) is 2.23. The topological polar surface area (TPSA) is 56.3 Å². The first-order chi connectivity index (χ1) is 12.1. The third-order valence-electron chi connectivity index (χ3n) is 4.53. The van der Waals surface area contributed by atoms with Crippen molar-refractivity contribution < 1.29 is 0 Å². The summed E-state index contributed by atoms with van der Waals surface area (Å²) < 4.78 is 0. The lowest BCUT2D eigenvalue weighted by molar-refractivity contribution is 0.303. The fourth-order valence-corrected chi connectivity index (χ4v) is 2.84. The van der Waals surface area contributed by atoms with E-state index in [1.54, 1.807) is 0 Å². The van der Waals surface area contributed by atoms with Crippen molar-refractivity contribution in [2.45, 2.75) is 47.5 Å². The van der Waals surface area contributed by atoms with Gasteiger partial charge >= 0.3 is 0 Å². The molecule has 0 saturated heterocycles. The van der Waals surface area contributed by atoms with Gasteiger partial charge < -0.3 is 20.4 Å². The van der Waals surface area contributed by atoms with Gasteiger partial charge in [-0.2, -0.15) is 4.98 Å². The highest BCUT2D eigenvalue weighted by molar-refractivity contribution is 5.86. The summed E-state index contributed by atoms with van der Waals surface area (Å²) in [4.78, 5) is 13.9. The van der Waals surface area contributed by atoms with E-state index >= 15 is 0 Å². The van der Waals surface area contributed by atoms with E-state index in [1.807, 2.05) is 13.0 Å². The third kappa shape index (κ3) is 13.6. The van der Waals surface area contributed by atoms with Crippen molar-refractivity contribution in [2.75, 3.05) is 63.0 Å². The summed E-state index contributed by atoms with van der Waals surface area (Å²) >= 11 is 0. The Morgan fingerprint density at radius 1 is 0.750 bits per heavy atom. The van der Waals surface area contributed by atoms with Crippen LogP contribution in [0.3, 0.4) is 0 Å². The van der Waals surface area contributed by atoms with E-state index < -0.39 is 0 Å².